The first-order valence-electron chi connectivity index (χ1n) is 6.97. The molecule has 0 spiro atoms. The van der Waals surface area contributed by atoms with Crippen LogP contribution in [0.2, 0.25) is 0 Å². The minimum atomic E-state index is 0.314. The van der Waals surface area contributed by atoms with Gasteiger partial charge in [-0.2, -0.15) is 0 Å². The van der Waals surface area contributed by atoms with E-state index in [2.05, 4.69) is 22.1 Å². The second-order valence-electron chi connectivity index (χ2n) is 5.14. The van der Waals surface area contributed by atoms with Crippen LogP contribution < -0.4 is 0 Å². The molecule has 0 N–H and O–H groups in total. The molecule has 2 aromatic rings. The number of aryl methyl sites for hydroxylation is 1. The quantitative estimate of drug-likeness (QED) is 0.831. The Morgan fingerprint density at radius 1 is 1.50 bits per heavy atom. The summed E-state index contributed by atoms with van der Waals surface area (Å²) in [6.07, 6.45) is 1.71. The predicted molar refractivity (Wildman–Crippen MR) is 73.1 cm³/mol. The highest BCUT2D eigenvalue weighted by Crippen LogP contribution is 2.28. The highest BCUT2D eigenvalue weighted by atomic mass is 16.5. The lowest BCUT2D eigenvalue weighted by molar-refractivity contribution is 0.127. The molecule has 0 fully saturated rings. The topological polar surface area (TPSA) is 56.3 Å². The van der Waals surface area contributed by atoms with Crippen LogP contribution in [-0.2, 0) is 24.4 Å². The van der Waals surface area contributed by atoms with E-state index in [1.165, 1.54) is 5.69 Å². The first-order chi connectivity index (χ1) is 9.81. The van der Waals surface area contributed by atoms with Crippen molar-refractivity contribution in [3.8, 4) is 0 Å². The summed E-state index contributed by atoms with van der Waals surface area (Å²) < 4.78 is 12.8. The smallest absolute Gasteiger partial charge is 0.117 e. The van der Waals surface area contributed by atoms with Crippen molar-refractivity contribution in [3.05, 3.63) is 35.5 Å². The zero-order valence-corrected chi connectivity index (χ0v) is 12.0. The van der Waals surface area contributed by atoms with Gasteiger partial charge in [0, 0.05) is 32.7 Å². The fraction of sp³-hybridized carbons (Fsp3) is 0.571. The second kappa shape index (κ2) is 5.76. The van der Waals surface area contributed by atoms with E-state index in [-0.39, 0.29) is 0 Å². The van der Waals surface area contributed by atoms with Crippen LogP contribution in [0.25, 0.3) is 0 Å². The third kappa shape index (κ3) is 2.48. The Morgan fingerprint density at radius 2 is 2.40 bits per heavy atom. The van der Waals surface area contributed by atoms with E-state index in [1.54, 1.807) is 13.4 Å². The molecular formula is C14H20N4O2. The summed E-state index contributed by atoms with van der Waals surface area (Å²) in [6, 6.07) is 3.93. The molecular weight excluding hydrogens is 256 g/mol. The highest BCUT2D eigenvalue weighted by Gasteiger charge is 2.30. The van der Waals surface area contributed by atoms with Gasteiger partial charge in [-0.05, 0) is 19.1 Å². The lowest BCUT2D eigenvalue weighted by Gasteiger charge is -2.31. The predicted octanol–water partition coefficient (Wildman–Crippen LogP) is 1.64. The Kier molecular flexibility index (Phi) is 3.84. The van der Waals surface area contributed by atoms with Crippen LogP contribution in [0.5, 0.6) is 0 Å². The van der Waals surface area contributed by atoms with Gasteiger partial charge in [-0.3, -0.25) is 4.90 Å². The van der Waals surface area contributed by atoms with Crippen molar-refractivity contribution < 1.29 is 9.15 Å². The van der Waals surface area contributed by atoms with Gasteiger partial charge in [0.2, 0.25) is 0 Å². The molecule has 6 nitrogen and oxygen atoms in total. The molecule has 6 heteroatoms. The monoisotopic (exact) mass is 276 g/mol. The molecule has 0 aliphatic carbocycles. The van der Waals surface area contributed by atoms with Gasteiger partial charge in [0.05, 0.1) is 25.1 Å². The Labute approximate surface area is 118 Å². The van der Waals surface area contributed by atoms with Crippen LogP contribution in [0, 0.1) is 0 Å². The molecule has 1 aliphatic heterocycles. The number of aromatic nitrogens is 3. The minimum absolute atomic E-state index is 0.314. The first-order valence-corrected chi connectivity index (χ1v) is 6.97. The molecule has 0 unspecified atom stereocenters. The molecule has 0 saturated carbocycles. The Hall–Kier alpha value is -1.66. The van der Waals surface area contributed by atoms with Crippen molar-refractivity contribution in [2.75, 3.05) is 20.3 Å². The molecule has 0 radical (unpaired) electrons. The average molecular weight is 276 g/mol. The summed E-state index contributed by atoms with van der Waals surface area (Å²) >= 11 is 0. The minimum Gasteiger partial charge on any atom is -0.468 e. The van der Waals surface area contributed by atoms with Gasteiger partial charge in [-0.15, -0.1) is 5.10 Å². The van der Waals surface area contributed by atoms with Gasteiger partial charge in [0.1, 0.15) is 11.5 Å². The van der Waals surface area contributed by atoms with Crippen molar-refractivity contribution in [3.63, 3.8) is 0 Å². The first kappa shape index (κ1) is 13.3. The molecule has 1 aliphatic rings. The van der Waals surface area contributed by atoms with Crippen molar-refractivity contribution in [1.82, 2.24) is 19.9 Å². The van der Waals surface area contributed by atoms with E-state index in [4.69, 9.17) is 9.15 Å². The van der Waals surface area contributed by atoms with E-state index < -0.39 is 0 Å². The van der Waals surface area contributed by atoms with Crippen molar-refractivity contribution >= 4 is 0 Å². The van der Waals surface area contributed by atoms with Crippen LogP contribution in [0.3, 0.4) is 0 Å². The maximum Gasteiger partial charge on any atom is 0.117 e. The SMILES string of the molecule is CCn1nnc2c1[C@@H](COC)CN(Cc1ccco1)C2. The Bertz CT molecular complexity index is 550. The number of rotatable bonds is 5. The second-order valence-corrected chi connectivity index (χ2v) is 5.14. The standard InChI is InChI=1S/C14H20N4O2/c1-3-18-14-11(10-19-2)7-17(9-13(14)15-16-18)8-12-5-4-6-20-12/h4-6,11H,3,7-10H2,1-2H3/t11-/m1/s1. The Balaban J connectivity index is 1.81. The molecule has 0 bridgehead atoms. The van der Waals surface area contributed by atoms with E-state index in [0.29, 0.717) is 12.5 Å². The Morgan fingerprint density at radius 3 is 3.10 bits per heavy atom. The molecule has 3 rings (SSSR count). The highest BCUT2D eigenvalue weighted by molar-refractivity contribution is 5.20. The third-order valence-corrected chi connectivity index (χ3v) is 3.71. The van der Waals surface area contributed by atoms with Crippen molar-refractivity contribution in [2.24, 2.45) is 0 Å². The molecule has 3 heterocycles. The molecule has 0 saturated heterocycles. The average Bonchev–Trinajstić information content (AvgIpc) is 3.08. The van der Waals surface area contributed by atoms with Gasteiger partial charge >= 0.3 is 0 Å². The molecule has 108 valence electrons. The van der Waals surface area contributed by atoms with Gasteiger partial charge in [-0.1, -0.05) is 5.21 Å². The molecule has 0 aromatic carbocycles. The normalized spacial score (nSPS) is 19.2. The van der Waals surface area contributed by atoms with Gasteiger partial charge < -0.3 is 9.15 Å². The number of ether oxygens (including phenoxy) is 1. The van der Waals surface area contributed by atoms with Crippen LogP contribution in [-0.4, -0.2) is 40.2 Å². The van der Waals surface area contributed by atoms with E-state index in [0.717, 1.165) is 37.6 Å². The van der Waals surface area contributed by atoms with Crippen LogP contribution in [0.1, 0.15) is 30.0 Å². The van der Waals surface area contributed by atoms with Gasteiger partial charge in [-0.25, -0.2) is 4.68 Å². The maximum absolute atomic E-state index is 5.43. The number of fused-ring (bicyclic) bond motifs is 1. The summed E-state index contributed by atoms with van der Waals surface area (Å²) in [7, 11) is 1.74. The van der Waals surface area contributed by atoms with Gasteiger partial charge in [0.25, 0.3) is 0 Å². The molecule has 0 amide bonds. The summed E-state index contributed by atoms with van der Waals surface area (Å²) in [6.45, 7) is 6.18. The van der Waals surface area contributed by atoms with Crippen molar-refractivity contribution in [2.45, 2.75) is 32.5 Å². The number of nitrogens with zero attached hydrogens (tertiary/aromatic N) is 4. The summed E-state index contributed by atoms with van der Waals surface area (Å²) in [5.74, 6) is 1.29. The zero-order valence-electron chi connectivity index (χ0n) is 12.0. The van der Waals surface area contributed by atoms with Crippen LogP contribution in [0.15, 0.2) is 22.8 Å². The number of hydrogen-bond acceptors (Lipinski definition) is 5. The summed E-state index contributed by atoms with van der Waals surface area (Å²) in [5.41, 5.74) is 2.29. The maximum atomic E-state index is 5.43. The molecule has 2 aromatic heterocycles. The van der Waals surface area contributed by atoms with Crippen LogP contribution in [0.4, 0.5) is 0 Å². The summed E-state index contributed by atoms with van der Waals surface area (Å²) in [4.78, 5) is 2.33. The van der Waals surface area contributed by atoms with E-state index in [9.17, 15) is 0 Å². The van der Waals surface area contributed by atoms with Crippen molar-refractivity contribution in [1.29, 1.82) is 0 Å². The summed E-state index contributed by atoms with van der Waals surface area (Å²) in [5, 5.41) is 8.57. The zero-order chi connectivity index (χ0) is 13.9. The number of hydrogen-bond donors (Lipinski definition) is 0. The molecule has 1 atom stereocenters. The fourth-order valence-corrected chi connectivity index (χ4v) is 2.90. The van der Waals surface area contributed by atoms with E-state index >= 15 is 0 Å². The van der Waals surface area contributed by atoms with Gasteiger partial charge in [0.15, 0.2) is 0 Å². The third-order valence-electron chi connectivity index (χ3n) is 3.71. The fourth-order valence-electron chi connectivity index (χ4n) is 2.90. The largest absolute Gasteiger partial charge is 0.468 e. The lowest BCUT2D eigenvalue weighted by Crippen LogP contribution is -2.35. The lowest BCUT2D eigenvalue weighted by atomic mass is 9.99. The number of furan rings is 1. The van der Waals surface area contributed by atoms with E-state index in [1.807, 2.05) is 16.8 Å². The number of methoxy groups -OCH3 is 1. The molecule has 20 heavy (non-hydrogen) atoms. The van der Waals surface area contributed by atoms with Crippen LogP contribution >= 0.6 is 0 Å².